The molecule has 2 aliphatic heterocycles. The van der Waals surface area contributed by atoms with Gasteiger partial charge in [0.1, 0.15) is 0 Å². The van der Waals surface area contributed by atoms with Crippen molar-refractivity contribution in [1.29, 1.82) is 0 Å². The van der Waals surface area contributed by atoms with Gasteiger partial charge in [0, 0.05) is 0 Å². The summed E-state index contributed by atoms with van der Waals surface area (Å²) >= 11 is 4.25. The van der Waals surface area contributed by atoms with Crippen LogP contribution in [0.2, 0.25) is 0 Å². The van der Waals surface area contributed by atoms with Gasteiger partial charge in [-0.3, -0.25) is 0 Å². The fraction of sp³-hybridized carbons (Fsp3) is 0.625. The van der Waals surface area contributed by atoms with Crippen molar-refractivity contribution in [2.75, 3.05) is 23.0 Å². The van der Waals surface area contributed by atoms with Gasteiger partial charge in [0.2, 0.25) is 0 Å². The number of rotatable bonds is 2. The van der Waals surface area contributed by atoms with Gasteiger partial charge in [-0.15, -0.1) is 0 Å². The minimum atomic E-state index is 0.837. The fourth-order valence-electron chi connectivity index (χ4n) is 3.13. The third-order valence-electron chi connectivity index (χ3n) is 4.30. The zero-order valence-corrected chi connectivity index (χ0v) is 12.6. The summed E-state index contributed by atoms with van der Waals surface area (Å²) in [4.78, 5) is 0. The SMILES string of the molecule is c1cc(C2CCSCC2)cc(C2CCSCC2)c1. The van der Waals surface area contributed by atoms with Gasteiger partial charge in [0.15, 0.2) is 0 Å². The topological polar surface area (TPSA) is 0 Å². The molecule has 0 nitrogen and oxygen atoms in total. The maximum atomic E-state index is 2.53. The molecule has 0 spiro atoms. The molecule has 2 saturated heterocycles. The highest BCUT2D eigenvalue weighted by Crippen LogP contribution is 2.35. The van der Waals surface area contributed by atoms with Crippen molar-refractivity contribution in [3.63, 3.8) is 0 Å². The molecular weight excluding hydrogens is 256 g/mol. The monoisotopic (exact) mass is 278 g/mol. The van der Waals surface area contributed by atoms with E-state index >= 15 is 0 Å². The van der Waals surface area contributed by atoms with Crippen LogP contribution in [0.4, 0.5) is 0 Å². The van der Waals surface area contributed by atoms with E-state index in [0.717, 1.165) is 11.8 Å². The number of benzene rings is 1. The molecule has 2 aliphatic rings. The molecule has 2 heteroatoms. The smallest absolute Gasteiger partial charge is 0.00617 e. The number of hydrogen-bond acceptors (Lipinski definition) is 2. The van der Waals surface area contributed by atoms with Crippen LogP contribution >= 0.6 is 23.5 Å². The van der Waals surface area contributed by atoms with Crippen molar-refractivity contribution in [2.24, 2.45) is 0 Å². The Bertz CT molecular complexity index is 343. The summed E-state index contributed by atoms with van der Waals surface area (Å²) in [6, 6.07) is 9.55. The van der Waals surface area contributed by atoms with Gasteiger partial charge in [0.05, 0.1) is 0 Å². The molecule has 0 radical (unpaired) electrons. The number of thioether (sulfide) groups is 2. The third-order valence-corrected chi connectivity index (χ3v) is 6.39. The Morgan fingerprint density at radius 2 is 1.17 bits per heavy atom. The van der Waals surface area contributed by atoms with Crippen LogP contribution < -0.4 is 0 Å². The molecule has 0 amide bonds. The molecule has 0 bridgehead atoms. The minimum Gasteiger partial charge on any atom is -0.162 e. The summed E-state index contributed by atoms with van der Waals surface area (Å²) in [7, 11) is 0. The van der Waals surface area contributed by atoms with Gasteiger partial charge >= 0.3 is 0 Å². The second kappa shape index (κ2) is 6.38. The molecule has 0 N–H and O–H groups in total. The maximum Gasteiger partial charge on any atom is -0.00617 e. The van der Waals surface area contributed by atoms with Crippen molar-refractivity contribution in [2.45, 2.75) is 37.5 Å². The van der Waals surface area contributed by atoms with E-state index in [9.17, 15) is 0 Å². The second-order valence-corrected chi connectivity index (χ2v) is 7.89. The lowest BCUT2D eigenvalue weighted by Gasteiger charge is -2.25. The van der Waals surface area contributed by atoms with E-state index < -0.39 is 0 Å². The van der Waals surface area contributed by atoms with E-state index in [4.69, 9.17) is 0 Å². The molecule has 2 heterocycles. The zero-order chi connectivity index (χ0) is 12.2. The Morgan fingerprint density at radius 1 is 0.722 bits per heavy atom. The Morgan fingerprint density at radius 3 is 1.61 bits per heavy atom. The first-order chi connectivity index (χ1) is 8.93. The second-order valence-electron chi connectivity index (χ2n) is 5.44. The average molecular weight is 278 g/mol. The van der Waals surface area contributed by atoms with Crippen LogP contribution in [0.3, 0.4) is 0 Å². The maximum absolute atomic E-state index is 2.53. The lowest BCUT2D eigenvalue weighted by atomic mass is 9.87. The molecule has 1 aromatic rings. The largest absolute Gasteiger partial charge is 0.162 e. The Kier molecular flexibility index (Phi) is 4.58. The van der Waals surface area contributed by atoms with Gasteiger partial charge in [-0.25, -0.2) is 0 Å². The highest BCUT2D eigenvalue weighted by molar-refractivity contribution is 7.99. The Hall–Kier alpha value is -0.0800. The van der Waals surface area contributed by atoms with Gasteiger partial charge in [0.25, 0.3) is 0 Å². The predicted molar refractivity (Wildman–Crippen MR) is 85.0 cm³/mol. The fourth-order valence-corrected chi connectivity index (χ4v) is 5.34. The van der Waals surface area contributed by atoms with Crippen LogP contribution in [0.5, 0.6) is 0 Å². The molecule has 0 aromatic heterocycles. The minimum absolute atomic E-state index is 0.837. The van der Waals surface area contributed by atoms with Gasteiger partial charge < -0.3 is 0 Å². The molecule has 0 aliphatic carbocycles. The molecule has 1 aromatic carbocycles. The van der Waals surface area contributed by atoms with Crippen LogP contribution in [-0.4, -0.2) is 23.0 Å². The Balaban J connectivity index is 1.75. The van der Waals surface area contributed by atoms with Crippen LogP contribution in [0.15, 0.2) is 24.3 Å². The molecular formula is C16H22S2. The molecule has 0 saturated carbocycles. The van der Waals surface area contributed by atoms with Crippen LogP contribution in [-0.2, 0) is 0 Å². The van der Waals surface area contributed by atoms with Crippen molar-refractivity contribution < 1.29 is 0 Å². The average Bonchev–Trinajstić information content (AvgIpc) is 2.49. The van der Waals surface area contributed by atoms with E-state index in [-0.39, 0.29) is 0 Å². The van der Waals surface area contributed by atoms with Crippen LogP contribution in [0, 0.1) is 0 Å². The first-order valence-electron chi connectivity index (χ1n) is 7.19. The zero-order valence-electron chi connectivity index (χ0n) is 10.9. The lowest BCUT2D eigenvalue weighted by molar-refractivity contribution is 0.619. The van der Waals surface area contributed by atoms with Crippen LogP contribution in [0.1, 0.15) is 48.6 Å². The first kappa shape index (κ1) is 12.9. The van der Waals surface area contributed by atoms with E-state index in [0.29, 0.717) is 0 Å². The normalized spacial score (nSPS) is 23.1. The van der Waals surface area contributed by atoms with E-state index in [2.05, 4.69) is 47.8 Å². The molecule has 0 atom stereocenters. The highest BCUT2D eigenvalue weighted by atomic mass is 32.2. The van der Waals surface area contributed by atoms with Crippen molar-refractivity contribution in [3.8, 4) is 0 Å². The van der Waals surface area contributed by atoms with E-state index in [1.54, 1.807) is 11.1 Å². The summed E-state index contributed by atoms with van der Waals surface area (Å²) in [5.41, 5.74) is 3.23. The third kappa shape index (κ3) is 3.08. The van der Waals surface area contributed by atoms with E-state index in [1.807, 2.05) is 0 Å². The van der Waals surface area contributed by atoms with Crippen LogP contribution in [0.25, 0.3) is 0 Å². The summed E-state index contributed by atoms with van der Waals surface area (Å²) in [6.07, 6.45) is 5.53. The van der Waals surface area contributed by atoms with Crippen molar-refractivity contribution in [3.05, 3.63) is 35.4 Å². The molecule has 18 heavy (non-hydrogen) atoms. The molecule has 0 unspecified atom stereocenters. The lowest BCUT2D eigenvalue weighted by Crippen LogP contribution is -2.10. The quantitative estimate of drug-likeness (QED) is 0.754. The summed E-state index contributed by atoms with van der Waals surface area (Å²) in [5.74, 6) is 7.10. The standard InChI is InChI=1S/C16H22S2/c1-2-15(13-4-8-17-9-5-13)12-16(3-1)14-6-10-18-11-7-14/h1-3,12-14H,4-11H2. The first-order valence-corrected chi connectivity index (χ1v) is 9.50. The molecule has 2 fully saturated rings. The molecule has 3 rings (SSSR count). The number of hydrogen-bond donors (Lipinski definition) is 0. The van der Waals surface area contributed by atoms with Crippen molar-refractivity contribution >= 4 is 23.5 Å². The van der Waals surface area contributed by atoms with Crippen molar-refractivity contribution in [1.82, 2.24) is 0 Å². The summed E-state index contributed by atoms with van der Waals surface area (Å²) < 4.78 is 0. The Labute approximate surface area is 119 Å². The molecule has 98 valence electrons. The van der Waals surface area contributed by atoms with Gasteiger partial charge in [-0.05, 0) is 71.7 Å². The van der Waals surface area contributed by atoms with Gasteiger partial charge in [-0.2, -0.15) is 23.5 Å². The highest BCUT2D eigenvalue weighted by Gasteiger charge is 2.19. The summed E-state index contributed by atoms with van der Waals surface area (Å²) in [5, 5.41) is 0. The summed E-state index contributed by atoms with van der Waals surface area (Å²) in [6.45, 7) is 0. The predicted octanol–water partition coefficient (Wildman–Crippen LogP) is 4.91. The van der Waals surface area contributed by atoms with Gasteiger partial charge in [-0.1, -0.05) is 24.3 Å². The van der Waals surface area contributed by atoms with E-state index in [1.165, 1.54) is 48.7 Å².